The van der Waals surface area contributed by atoms with Crippen molar-refractivity contribution in [2.75, 3.05) is 6.54 Å². The minimum Gasteiger partial charge on any atom is -0.478 e. The molecule has 0 aromatic carbocycles. The van der Waals surface area contributed by atoms with Gasteiger partial charge in [0.2, 0.25) is 0 Å². The van der Waals surface area contributed by atoms with Crippen LogP contribution in [0.4, 0.5) is 0 Å². The zero-order valence-electron chi connectivity index (χ0n) is 12.6. The average molecular weight is 290 g/mol. The molecule has 0 radical (unpaired) electrons. The fourth-order valence-corrected chi connectivity index (χ4v) is 2.92. The summed E-state index contributed by atoms with van der Waals surface area (Å²) in [6.45, 7) is 4.50. The van der Waals surface area contributed by atoms with E-state index >= 15 is 0 Å². The summed E-state index contributed by atoms with van der Waals surface area (Å²) in [5.41, 5.74) is 0.773. The van der Waals surface area contributed by atoms with Gasteiger partial charge in [0, 0.05) is 6.54 Å². The fourth-order valence-electron chi connectivity index (χ4n) is 2.92. The molecule has 0 aliphatic heterocycles. The molecule has 5 heteroatoms. The summed E-state index contributed by atoms with van der Waals surface area (Å²) in [6.07, 6.45) is 4.90. The van der Waals surface area contributed by atoms with Crippen molar-refractivity contribution in [3.63, 3.8) is 0 Å². The van der Waals surface area contributed by atoms with Crippen LogP contribution in [-0.2, 0) is 0 Å². The van der Waals surface area contributed by atoms with Gasteiger partial charge >= 0.3 is 5.97 Å². The molecule has 0 bridgehead atoms. The Morgan fingerprint density at radius 3 is 2.67 bits per heavy atom. The first-order chi connectivity index (χ1) is 9.99. The van der Waals surface area contributed by atoms with Crippen LogP contribution in [-0.4, -0.2) is 28.5 Å². The lowest BCUT2D eigenvalue weighted by atomic mass is 9.80. The molecule has 1 saturated carbocycles. The lowest BCUT2D eigenvalue weighted by Crippen LogP contribution is -2.34. The van der Waals surface area contributed by atoms with Gasteiger partial charge < -0.3 is 10.4 Å². The first-order valence-electron chi connectivity index (χ1n) is 7.48. The molecule has 2 unspecified atom stereocenters. The number of aryl methyl sites for hydroxylation is 1. The van der Waals surface area contributed by atoms with E-state index in [0.717, 1.165) is 6.42 Å². The van der Waals surface area contributed by atoms with Crippen molar-refractivity contribution in [3.05, 3.63) is 29.1 Å². The van der Waals surface area contributed by atoms with E-state index in [1.807, 2.05) is 0 Å². The molecule has 21 heavy (non-hydrogen) atoms. The monoisotopic (exact) mass is 290 g/mol. The smallest absolute Gasteiger partial charge is 0.337 e. The highest BCUT2D eigenvalue weighted by atomic mass is 16.4. The molecular formula is C16H22N2O3. The Hall–Kier alpha value is -1.91. The SMILES string of the molecule is Cc1nc(C(=O)NCC2CCCCC2C)ccc1C(=O)O. The van der Waals surface area contributed by atoms with E-state index in [1.165, 1.54) is 31.4 Å². The van der Waals surface area contributed by atoms with Gasteiger partial charge in [-0.05, 0) is 37.3 Å². The number of carboxylic acids is 1. The number of nitrogens with zero attached hydrogens (tertiary/aromatic N) is 1. The molecule has 0 saturated heterocycles. The summed E-state index contributed by atoms with van der Waals surface area (Å²) in [4.78, 5) is 27.1. The fraction of sp³-hybridized carbons (Fsp3) is 0.562. The molecule has 114 valence electrons. The number of aromatic carboxylic acids is 1. The second-order valence-corrected chi connectivity index (χ2v) is 5.87. The standard InChI is InChI=1S/C16H22N2O3/c1-10-5-3-4-6-12(10)9-17-15(19)14-8-7-13(16(20)21)11(2)18-14/h7-8,10,12H,3-6,9H2,1-2H3,(H,17,19)(H,20,21). The van der Waals surface area contributed by atoms with Gasteiger partial charge in [-0.2, -0.15) is 0 Å². The molecule has 1 aliphatic rings. The number of hydrogen-bond acceptors (Lipinski definition) is 3. The molecule has 1 aliphatic carbocycles. The van der Waals surface area contributed by atoms with Crippen LogP contribution in [0.2, 0.25) is 0 Å². The average Bonchev–Trinajstić information content (AvgIpc) is 2.45. The molecular weight excluding hydrogens is 268 g/mol. The topological polar surface area (TPSA) is 79.3 Å². The first-order valence-corrected chi connectivity index (χ1v) is 7.48. The minimum atomic E-state index is -1.03. The van der Waals surface area contributed by atoms with Crippen molar-refractivity contribution in [1.29, 1.82) is 0 Å². The highest BCUT2D eigenvalue weighted by Gasteiger charge is 2.22. The number of rotatable bonds is 4. The number of aromatic nitrogens is 1. The second kappa shape index (κ2) is 6.70. The van der Waals surface area contributed by atoms with Gasteiger partial charge in [-0.15, -0.1) is 0 Å². The molecule has 2 N–H and O–H groups in total. The van der Waals surface area contributed by atoms with Gasteiger partial charge in [-0.3, -0.25) is 4.79 Å². The first kappa shape index (κ1) is 15.5. The van der Waals surface area contributed by atoms with Crippen LogP contribution < -0.4 is 5.32 Å². The Kier molecular flexibility index (Phi) is 4.94. The quantitative estimate of drug-likeness (QED) is 0.893. The van der Waals surface area contributed by atoms with Crippen molar-refractivity contribution in [1.82, 2.24) is 10.3 Å². The van der Waals surface area contributed by atoms with Gasteiger partial charge in [0.05, 0.1) is 11.3 Å². The normalized spacial score (nSPS) is 21.8. The Labute approximate surface area is 124 Å². The maximum absolute atomic E-state index is 12.1. The van der Waals surface area contributed by atoms with Crippen LogP contribution >= 0.6 is 0 Å². The second-order valence-electron chi connectivity index (χ2n) is 5.87. The number of carbonyl (C=O) groups is 2. The number of carboxylic acid groups (broad SMARTS) is 1. The van der Waals surface area contributed by atoms with Gasteiger partial charge in [0.1, 0.15) is 5.69 Å². The van der Waals surface area contributed by atoms with Crippen molar-refractivity contribution in [3.8, 4) is 0 Å². The van der Waals surface area contributed by atoms with Crippen LogP contribution in [0.25, 0.3) is 0 Å². The maximum Gasteiger partial charge on any atom is 0.337 e. The van der Waals surface area contributed by atoms with Crippen LogP contribution in [0.15, 0.2) is 12.1 Å². The minimum absolute atomic E-state index is 0.132. The number of carbonyl (C=O) groups excluding carboxylic acids is 1. The van der Waals surface area contributed by atoms with Crippen molar-refractivity contribution >= 4 is 11.9 Å². The summed E-state index contributed by atoms with van der Waals surface area (Å²) in [5.74, 6) is -0.0824. The van der Waals surface area contributed by atoms with E-state index in [9.17, 15) is 9.59 Å². The molecule has 5 nitrogen and oxygen atoms in total. The molecule has 1 heterocycles. The van der Waals surface area contributed by atoms with E-state index in [-0.39, 0.29) is 17.2 Å². The summed E-state index contributed by atoms with van der Waals surface area (Å²) >= 11 is 0. The number of pyridine rings is 1. The van der Waals surface area contributed by atoms with Crippen LogP contribution in [0.1, 0.15) is 59.1 Å². The Morgan fingerprint density at radius 1 is 1.33 bits per heavy atom. The lowest BCUT2D eigenvalue weighted by Gasteiger charge is -2.28. The van der Waals surface area contributed by atoms with E-state index < -0.39 is 5.97 Å². The van der Waals surface area contributed by atoms with E-state index in [0.29, 0.717) is 24.1 Å². The van der Waals surface area contributed by atoms with Crippen LogP contribution in [0.3, 0.4) is 0 Å². The van der Waals surface area contributed by atoms with Crippen LogP contribution in [0, 0.1) is 18.8 Å². The molecule has 1 amide bonds. The lowest BCUT2D eigenvalue weighted by molar-refractivity contribution is 0.0694. The Morgan fingerprint density at radius 2 is 2.05 bits per heavy atom. The summed E-state index contributed by atoms with van der Waals surface area (Å²) in [7, 11) is 0. The maximum atomic E-state index is 12.1. The third-order valence-corrected chi connectivity index (χ3v) is 4.36. The number of nitrogens with one attached hydrogen (secondary N) is 1. The highest BCUT2D eigenvalue weighted by Crippen LogP contribution is 2.28. The zero-order valence-corrected chi connectivity index (χ0v) is 12.6. The zero-order chi connectivity index (χ0) is 15.4. The molecule has 1 fully saturated rings. The van der Waals surface area contributed by atoms with E-state index in [2.05, 4.69) is 17.2 Å². The van der Waals surface area contributed by atoms with Gasteiger partial charge in [-0.1, -0.05) is 26.2 Å². The van der Waals surface area contributed by atoms with Crippen molar-refractivity contribution < 1.29 is 14.7 Å². The Bertz CT molecular complexity index is 542. The van der Waals surface area contributed by atoms with Crippen LogP contribution in [0.5, 0.6) is 0 Å². The molecule has 0 spiro atoms. The van der Waals surface area contributed by atoms with Gasteiger partial charge in [0.25, 0.3) is 5.91 Å². The predicted octanol–water partition coefficient (Wildman–Crippen LogP) is 2.64. The molecule has 2 rings (SSSR count). The van der Waals surface area contributed by atoms with E-state index in [1.54, 1.807) is 6.92 Å². The summed E-state index contributed by atoms with van der Waals surface area (Å²) in [5, 5.41) is 11.9. The predicted molar refractivity (Wildman–Crippen MR) is 79.4 cm³/mol. The summed E-state index contributed by atoms with van der Waals surface area (Å²) < 4.78 is 0. The summed E-state index contributed by atoms with van der Waals surface area (Å²) in [6, 6.07) is 2.90. The number of hydrogen-bond donors (Lipinski definition) is 2. The van der Waals surface area contributed by atoms with Gasteiger partial charge in [-0.25, -0.2) is 9.78 Å². The number of amides is 1. The third kappa shape index (κ3) is 3.80. The van der Waals surface area contributed by atoms with Crippen molar-refractivity contribution in [2.24, 2.45) is 11.8 Å². The largest absolute Gasteiger partial charge is 0.478 e. The molecule has 1 aromatic heterocycles. The van der Waals surface area contributed by atoms with Crippen molar-refractivity contribution in [2.45, 2.75) is 39.5 Å². The van der Waals surface area contributed by atoms with Gasteiger partial charge in [0.15, 0.2) is 0 Å². The third-order valence-electron chi connectivity index (χ3n) is 4.36. The Balaban J connectivity index is 1.97. The molecule has 2 atom stereocenters. The van der Waals surface area contributed by atoms with E-state index in [4.69, 9.17) is 5.11 Å². The molecule has 1 aromatic rings. The highest BCUT2D eigenvalue weighted by molar-refractivity contribution is 5.94.